The minimum Gasteiger partial charge on any atom is -0.507 e. The number of guanidine groups is 1. The van der Waals surface area contributed by atoms with Crippen LogP contribution in [0.2, 0.25) is 0 Å². The van der Waals surface area contributed by atoms with Crippen LogP contribution in [0.3, 0.4) is 0 Å². The van der Waals surface area contributed by atoms with Crippen molar-refractivity contribution in [2.75, 3.05) is 23.4 Å². The van der Waals surface area contributed by atoms with Crippen LogP contribution in [0.15, 0.2) is 23.2 Å². The lowest BCUT2D eigenvalue weighted by Crippen LogP contribution is -2.32. The van der Waals surface area contributed by atoms with Crippen molar-refractivity contribution in [2.45, 2.75) is 12.2 Å². The first-order valence-electron chi connectivity index (χ1n) is 8.16. The Bertz CT molecular complexity index is 1120. The van der Waals surface area contributed by atoms with Crippen LogP contribution in [0.5, 0.6) is 11.5 Å². The number of fused-ring (bicyclic) bond motifs is 1. The summed E-state index contributed by atoms with van der Waals surface area (Å²) in [5.74, 6) is -0.759. The summed E-state index contributed by atoms with van der Waals surface area (Å²) < 4.78 is 41.6. The molecule has 0 amide bonds. The van der Waals surface area contributed by atoms with Crippen LogP contribution in [0.4, 0.5) is 30.5 Å². The third-order valence-corrected chi connectivity index (χ3v) is 4.06. The van der Waals surface area contributed by atoms with Gasteiger partial charge in [-0.2, -0.15) is 23.7 Å². The highest BCUT2D eigenvalue weighted by Gasteiger charge is 2.32. The molecule has 30 heavy (non-hydrogen) atoms. The van der Waals surface area contributed by atoms with Crippen LogP contribution < -0.4 is 26.8 Å². The molecule has 10 nitrogen and oxygen atoms in total. The zero-order valence-electron chi connectivity index (χ0n) is 14.9. The zero-order valence-corrected chi connectivity index (χ0v) is 14.9. The van der Waals surface area contributed by atoms with E-state index in [0.29, 0.717) is 0 Å². The number of alkyl halides is 3. The number of nitrogens with zero attached hydrogens (tertiary/aromatic N) is 4. The highest BCUT2D eigenvalue weighted by molar-refractivity contribution is 5.98. The van der Waals surface area contributed by atoms with Gasteiger partial charge in [-0.3, -0.25) is 5.32 Å². The maximum Gasteiger partial charge on any atom is 0.422 e. The molecule has 7 N–H and O–H groups in total. The maximum absolute atomic E-state index is 12.3. The van der Waals surface area contributed by atoms with E-state index in [2.05, 4.69) is 25.3 Å². The van der Waals surface area contributed by atoms with Gasteiger partial charge in [-0.25, -0.2) is 9.98 Å². The first kappa shape index (κ1) is 20.3. The summed E-state index contributed by atoms with van der Waals surface area (Å²) in [5, 5.41) is 33.6. The molecule has 0 spiro atoms. The van der Waals surface area contributed by atoms with Crippen LogP contribution in [0, 0.1) is 22.8 Å². The van der Waals surface area contributed by atoms with Gasteiger partial charge in [0.05, 0.1) is 5.69 Å². The Morgan fingerprint density at radius 1 is 1.30 bits per heavy atom. The average Bonchev–Trinajstić information content (AvgIpc) is 2.65. The molecule has 1 atom stereocenters. The van der Waals surface area contributed by atoms with Crippen molar-refractivity contribution in [3.05, 3.63) is 34.9 Å². The number of ether oxygens (including phenoxy) is 1. The van der Waals surface area contributed by atoms with E-state index in [-0.39, 0.29) is 45.7 Å². The summed E-state index contributed by atoms with van der Waals surface area (Å²) >= 11 is 0. The molecule has 0 saturated heterocycles. The predicted octanol–water partition coefficient (Wildman–Crippen LogP) is 1.71. The van der Waals surface area contributed by atoms with Gasteiger partial charge in [0.1, 0.15) is 40.8 Å². The number of hydrogen-bond acceptors (Lipinski definition) is 10. The minimum absolute atomic E-state index is 0.0391. The number of pyridine rings is 1. The Balaban J connectivity index is 2.09. The molecule has 154 valence electrons. The Hall–Kier alpha value is -4.39. The van der Waals surface area contributed by atoms with Gasteiger partial charge < -0.3 is 26.6 Å². The van der Waals surface area contributed by atoms with Crippen molar-refractivity contribution in [1.82, 2.24) is 10.3 Å². The molecule has 1 aromatic carbocycles. The van der Waals surface area contributed by atoms with Crippen molar-refractivity contribution >= 4 is 23.3 Å². The molecule has 2 heterocycles. The van der Waals surface area contributed by atoms with Gasteiger partial charge in [0.25, 0.3) is 0 Å². The number of aromatic hydroxyl groups is 1. The summed E-state index contributed by atoms with van der Waals surface area (Å²) in [6.07, 6.45) is -2.87. The van der Waals surface area contributed by atoms with Gasteiger partial charge in [-0.15, -0.1) is 0 Å². The van der Waals surface area contributed by atoms with Crippen LogP contribution >= 0.6 is 0 Å². The van der Waals surface area contributed by atoms with Crippen LogP contribution in [-0.2, 0) is 0 Å². The monoisotopic (exact) mass is 418 g/mol. The van der Waals surface area contributed by atoms with E-state index in [1.54, 1.807) is 6.19 Å². The SMILES string of the molecule is N#CNC1=NC(c2ccc(OCC(F)(F)F)cc2O)c2c(nc(N)c(C#N)c2N)N1. The summed E-state index contributed by atoms with van der Waals surface area (Å²) in [4.78, 5) is 8.31. The number of aromatic nitrogens is 1. The largest absolute Gasteiger partial charge is 0.507 e. The van der Waals surface area contributed by atoms with E-state index in [1.165, 1.54) is 12.1 Å². The van der Waals surface area contributed by atoms with Gasteiger partial charge >= 0.3 is 6.18 Å². The Morgan fingerprint density at radius 2 is 2.03 bits per heavy atom. The number of halogens is 3. The highest BCUT2D eigenvalue weighted by Crippen LogP contribution is 2.43. The lowest BCUT2D eigenvalue weighted by Gasteiger charge is -2.26. The normalized spacial score (nSPS) is 15.1. The summed E-state index contributed by atoms with van der Waals surface area (Å²) in [6, 6.07) is 4.27. The second kappa shape index (κ2) is 7.56. The number of anilines is 3. The third-order valence-electron chi connectivity index (χ3n) is 4.06. The average molecular weight is 418 g/mol. The molecule has 2 aromatic rings. The molecule has 3 rings (SSSR count). The fourth-order valence-electron chi connectivity index (χ4n) is 2.82. The first-order chi connectivity index (χ1) is 14.1. The number of rotatable bonds is 3. The number of aliphatic imine (C=N–C) groups is 1. The Labute approximate surface area is 167 Å². The van der Waals surface area contributed by atoms with E-state index >= 15 is 0 Å². The van der Waals surface area contributed by atoms with Crippen molar-refractivity contribution in [3.8, 4) is 23.8 Å². The molecule has 13 heteroatoms. The second-order valence-corrected chi connectivity index (χ2v) is 6.03. The number of nitrogens with one attached hydrogen (secondary N) is 2. The third kappa shape index (κ3) is 3.90. The highest BCUT2D eigenvalue weighted by atomic mass is 19.4. The molecule has 1 aromatic heterocycles. The quantitative estimate of drug-likeness (QED) is 0.366. The number of hydrogen-bond donors (Lipinski definition) is 5. The molecule has 0 radical (unpaired) electrons. The summed E-state index contributed by atoms with van der Waals surface area (Å²) in [5.41, 5.74) is 12.0. The fourth-order valence-corrected chi connectivity index (χ4v) is 2.82. The lowest BCUT2D eigenvalue weighted by molar-refractivity contribution is -0.153. The van der Waals surface area contributed by atoms with Gasteiger partial charge in [-0.1, -0.05) is 0 Å². The van der Waals surface area contributed by atoms with Crippen LogP contribution in [-0.4, -0.2) is 28.8 Å². The standard InChI is InChI=1S/C17H13F3N8O2/c18-17(19,20)5-30-7-1-2-8(10(29)3-7)13-11-12(23)9(4-21)14(24)27-15(11)28-16(26-13)25-6-22/h1-3,13,29H,5H2,(H6,23,24,25,26,27,28). The predicted molar refractivity (Wildman–Crippen MR) is 99.1 cm³/mol. The molecular formula is C17H13F3N8O2. The fraction of sp³-hybridized carbons (Fsp3) is 0.176. The molecule has 0 saturated carbocycles. The lowest BCUT2D eigenvalue weighted by atomic mass is 9.94. The van der Waals surface area contributed by atoms with Crippen molar-refractivity contribution in [3.63, 3.8) is 0 Å². The molecule has 1 aliphatic heterocycles. The summed E-state index contributed by atoms with van der Waals surface area (Å²) in [6.45, 7) is -1.53. The Kier molecular flexibility index (Phi) is 5.12. The van der Waals surface area contributed by atoms with Crippen LogP contribution in [0.1, 0.15) is 22.7 Å². The molecule has 0 bridgehead atoms. The van der Waals surface area contributed by atoms with Gasteiger partial charge in [-0.05, 0) is 12.1 Å². The van der Waals surface area contributed by atoms with E-state index in [1.807, 2.05) is 6.07 Å². The number of nitrogen functional groups attached to an aromatic ring is 2. The molecule has 0 fully saturated rings. The number of phenolic OH excluding ortho intramolecular Hbond substituents is 1. The number of nitriles is 2. The number of nitrogens with two attached hydrogens (primary N) is 2. The maximum atomic E-state index is 12.3. The van der Waals surface area contributed by atoms with Crippen molar-refractivity contribution in [2.24, 2.45) is 4.99 Å². The molecule has 1 aliphatic rings. The minimum atomic E-state index is -4.54. The van der Waals surface area contributed by atoms with E-state index in [4.69, 9.17) is 16.7 Å². The van der Waals surface area contributed by atoms with Crippen LogP contribution in [0.25, 0.3) is 0 Å². The molecule has 0 aliphatic carbocycles. The van der Waals surface area contributed by atoms with Crippen molar-refractivity contribution < 1.29 is 23.0 Å². The Morgan fingerprint density at radius 3 is 2.63 bits per heavy atom. The molecule has 1 unspecified atom stereocenters. The van der Waals surface area contributed by atoms with Gasteiger partial charge in [0.2, 0.25) is 5.96 Å². The number of phenols is 1. The smallest absolute Gasteiger partial charge is 0.422 e. The van der Waals surface area contributed by atoms with Gasteiger partial charge in [0, 0.05) is 17.2 Å². The first-order valence-corrected chi connectivity index (χ1v) is 8.16. The van der Waals surface area contributed by atoms with Crippen molar-refractivity contribution in [1.29, 1.82) is 10.5 Å². The topological polar surface area (TPSA) is 178 Å². The molecular weight excluding hydrogens is 405 g/mol. The number of benzene rings is 1. The second-order valence-electron chi connectivity index (χ2n) is 6.03. The van der Waals surface area contributed by atoms with E-state index in [9.17, 15) is 23.5 Å². The van der Waals surface area contributed by atoms with E-state index < -0.39 is 24.6 Å². The van der Waals surface area contributed by atoms with E-state index in [0.717, 1.165) is 6.07 Å². The zero-order chi connectivity index (χ0) is 22.1. The van der Waals surface area contributed by atoms with Gasteiger partial charge in [0.15, 0.2) is 12.8 Å². The summed E-state index contributed by atoms with van der Waals surface area (Å²) in [7, 11) is 0.